The maximum atomic E-state index is 5.17. The first-order valence-corrected chi connectivity index (χ1v) is 4.70. The minimum absolute atomic E-state index is 0.335. The summed E-state index contributed by atoms with van der Waals surface area (Å²) in [5.41, 5.74) is -0.335. The molecular formula is C10H13N3O2. The fourth-order valence-electron chi connectivity index (χ4n) is 1.09. The quantitative estimate of drug-likeness (QED) is 0.831. The molecule has 2 heterocycles. The standard InChI is InChI=1S/C10H13N3O2/c1-10(2,11-3)9-12-8(13-15-9)7-5-4-6-14-7/h4-6,11H,1-3H3. The van der Waals surface area contributed by atoms with Crippen LogP contribution in [0.25, 0.3) is 11.6 Å². The molecule has 0 amide bonds. The lowest BCUT2D eigenvalue weighted by Crippen LogP contribution is -2.33. The fourth-order valence-corrected chi connectivity index (χ4v) is 1.09. The molecule has 5 heteroatoms. The molecule has 0 saturated carbocycles. The zero-order valence-electron chi connectivity index (χ0n) is 8.94. The van der Waals surface area contributed by atoms with Crippen molar-refractivity contribution < 1.29 is 8.94 Å². The molecule has 0 unspecified atom stereocenters. The van der Waals surface area contributed by atoms with Gasteiger partial charge in [-0.05, 0) is 33.0 Å². The summed E-state index contributed by atoms with van der Waals surface area (Å²) in [5, 5.41) is 6.94. The summed E-state index contributed by atoms with van der Waals surface area (Å²) in [4.78, 5) is 4.26. The fraction of sp³-hybridized carbons (Fsp3) is 0.400. The van der Waals surface area contributed by atoms with Crippen LogP contribution in [0.3, 0.4) is 0 Å². The zero-order valence-corrected chi connectivity index (χ0v) is 8.94. The lowest BCUT2D eigenvalue weighted by Gasteiger charge is -2.17. The van der Waals surface area contributed by atoms with Crippen molar-refractivity contribution in [3.63, 3.8) is 0 Å². The van der Waals surface area contributed by atoms with Gasteiger partial charge in [0.25, 0.3) is 0 Å². The first kappa shape index (κ1) is 9.92. The molecule has 0 bridgehead atoms. The van der Waals surface area contributed by atoms with E-state index in [9.17, 15) is 0 Å². The number of hydrogen-bond donors (Lipinski definition) is 1. The number of rotatable bonds is 3. The third-order valence-corrected chi connectivity index (χ3v) is 2.33. The molecule has 2 rings (SSSR count). The van der Waals surface area contributed by atoms with Crippen molar-refractivity contribution in [3.8, 4) is 11.6 Å². The number of aromatic nitrogens is 2. The predicted molar refractivity (Wildman–Crippen MR) is 54.1 cm³/mol. The Labute approximate surface area is 87.5 Å². The molecule has 0 atom stereocenters. The normalized spacial score (nSPS) is 11.9. The Kier molecular flexibility index (Phi) is 2.32. The number of hydrogen-bond acceptors (Lipinski definition) is 5. The molecule has 80 valence electrons. The van der Waals surface area contributed by atoms with Gasteiger partial charge in [-0.15, -0.1) is 0 Å². The molecule has 15 heavy (non-hydrogen) atoms. The summed E-state index contributed by atoms with van der Waals surface area (Å²) < 4.78 is 10.3. The Morgan fingerprint density at radius 1 is 1.40 bits per heavy atom. The average Bonchev–Trinajstić information content (AvgIpc) is 2.88. The number of furan rings is 1. The van der Waals surface area contributed by atoms with Crippen LogP contribution in [0.4, 0.5) is 0 Å². The van der Waals surface area contributed by atoms with Crippen molar-refractivity contribution >= 4 is 0 Å². The highest BCUT2D eigenvalue weighted by molar-refractivity contribution is 5.44. The van der Waals surface area contributed by atoms with Crippen molar-refractivity contribution in [2.45, 2.75) is 19.4 Å². The third-order valence-electron chi connectivity index (χ3n) is 2.33. The van der Waals surface area contributed by atoms with Crippen molar-refractivity contribution in [1.29, 1.82) is 0 Å². The van der Waals surface area contributed by atoms with Gasteiger partial charge >= 0.3 is 0 Å². The van der Waals surface area contributed by atoms with E-state index in [-0.39, 0.29) is 5.54 Å². The van der Waals surface area contributed by atoms with Gasteiger partial charge < -0.3 is 14.3 Å². The second kappa shape index (κ2) is 3.51. The summed E-state index contributed by atoms with van der Waals surface area (Å²) in [6.45, 7) is 3.93. The van der Waals surface area contributed by atoms with E-state index in [0.717, 1.165) is 0 Å². The minimum Gasteiger partial charge on any atom is -0.461 e. The van der Waals surface area contributed by atoms with Gasteiger partial charge in [0, 0.05) is 0 Å². The van der Waals surface area contributed by atoms with Crippen LogP contribution in [-0.2, 0) is 5.54 Å². The van der Waals surface area contributed by atoms with Crippen molar-refractivity contribution in [2.75, 3.05) is 7.05 Å². The van der Waals surface area contributed by atoms with Gasteiger partial charge in [-0.2, -0.15) is 4.98 Å². The van der Waals surface area contributed by atoms with Crippen LogP contribution in [-0.4, -0.2) is 17.2 Å². The van der Waals surface area contributed by atoms with Crippen LogP contribution in [0, 0.1) is 0 Å². The van der Waals surface area contributed by atoms with E-state index in [4.69, 9.17) is 8.94 Å². The molecule has 0 aliphatic heterocycles. The molecular weight excluding hydrogens is 194 g/mol. The van der Waals surface area contributed by atoms with Gasteiger partial charge in [-0.3, -0.25) is 0 Å². The number of nitrogens with zero attached hydrogens (tertiary/aromatic N) is 2. The van der Waals surface area contributed by atoms with Crippen LogP contribution < -0.4 is 5.32 Å². The second-order valence-electron chi connectivity index (χ2n) is 3.78. The Morgan fingerprint density at radius 2 is 2.20 bits per heavy atom. The summed E-state index contributed by atoms with van der Waals surface area (Å²) >= 11 is 0. The molecule has 2 aromatic heterocycles. The van der Waals surface area contributed by atoms with E-state index in [1.807, 2.05) is 20.9 Å². The van der Waals surface area contributed by atoms with Gasteiger partial charge in [0.15, 0.2) is 5.76 Å². The molecule has 0 aliphatic carbocycles. The van der Waals surface area contributed by atoms with Crippen LogP contribution >= 0.6 is 0 Å². The maximum absolute atomic E-state index is 5.17. The number of nitrogens with one attached hydrogen (secondary N) is 1. The van der Waals surface area contributed by atoms with Crippen LogP contribution in [0.15, 0.2) is 27.3 Å². The lowest BCUT2D eigenvalue weighted by atomic mass is 10.1. The molecule has 0 aromatic carbocycles. The highest BCUT2D eigenvalue weighted by atomic mass is 16.5. The van der Waals surface area contributed by atoms with Gasteiger partial charge in [0.05, 0.1) is 11.8 Å². The summed E-state index contributed by atoms with van der Waals surface area (Å²) in [7, 11) is 1.84. The predicted octanol–water partition coefficient (Wildman–Crippen LogP) is 1.78. The Balaban J connectivity index is 2.33. The first-order chi connectivity index (χ1) is 7.13. The second-order valence-corrected chi connectivity index (χ2v) is 3.78. The Hall–Kier alpha value is -1.62. The molecule has 0 spiro atoms. The molecule has 5 nitrogen and oxygen atoms in total. The highest BCUT2D eigenvalue weighted by Gasteiger charge is 2.26. The van der Waals surface area contributed by atoms with E-state index in [1.165, 1.54) is 0 Å². The van der Waals surface area contributed by atoms with Crippen LogP contribution in [0.2, 0.25) is 0 Å². The van der Waals surface area contributed by atoms with Crippen LogP contribution in [0.1, 0.15) is 19.7 Å². The molecule has 0 saturated heterocycles. The molecule has 2 aromatic rings. The topological polar surface area (TPSA) is 64.1 Å². The van der Waals surface area contributed by atoms with Crippen molar-refractivity contribution in [1.82, 2.24) is 15.5 Å². The molecule has 1 N–H and O–H groups in total. The van der Waals surface area contributed by atoms with Gasteiger partial charge in [-0.25, -0.2) is 0 Å². The van der Waals surface area contributed by atoms with Gasteiger partial charge in [0.1, 0.15) is 0 Å². The van der Waals surface area contributed by atoms with Crippen molar-refractivity contribution in [2.24, 2.45) is 0 Å². The van der Waals surface area contributed by atoms with Crippen molar-refractivity contribution in [3.05, 3.63) is 24.3 Å². The van der Waals surface area contributed by atoms with Gasteiger partial charge in [-0.1, -0.05) is 5.16 Å². The summed E-state index contributed by atoms with van der Waals surface area (Å²) in [6.07, 6.45) is 1.58. The van der Waals surface area contributed by atoms with E-state index >= 15 is 0 Å². The molecule has 0 radical (unpaired) electrons. The van der Waals surface area contributed by atoms with Crippen LogP contribution in [0.5, 0.6) is 0 Å². The smallest absolute Gasteiger partial charge is 0.246 e. The third kappa shape index (κ3) is 1.78. The van der Waals surface area contributed by atoms with Gasteiger partial charge in [0.2, 0.25) is 11.7 Å². The van der Waals surface area contributed by atoms with E-state index in [1.54, 1.807) is 18.4 Å². The Bertz CT molecular complexity index is 431. The summed E-state index contributed by atoms with van der Waals surface area (Å²) in [5.74, 6) is 1.62. The largest absolute Gasteiger partial charge is 0.461 e. The van der Waals surface area contributed by atoms with E-state index in [0.29, 0.717) is 17.5 Å². The Morgan fingerprint density at radius 3 is 2.80 bits per heavy atom. The molecule has 0 aliphatic rings. The molecule has 0 fully saturated rings. The summed E-state index contributed by atoms with van der Waals surface area (Å²) in [6, 6.07) is 3.58. The average molecular weight is 207 g/mol. The zero-order chi connectivity index (χ0) is 10.9. The SMILES string of the molecule is CNC(C)(C)c1nc(-c2ccco2)no1. The lowest BCUT2D eigenvalue weighted by molar-refractivity contribution is 0.280. The van der Waals surface area contributed by atoms with E-state index < -0.39 is 0 Å². The van der Waals surface area contributed by atoms with E-state index in [2.05, 4.69) is 15.5 Å². The highest BCUT2D eigenvalue weighted by Crippen LogP contribution is 2.21. The first-order valence-electron chi connectivity index (χ1n) is 4.70. The minimum atomic E-state index is -0.335. The monoisotopic (exact) mass is 207 g/mol. The maximum Gasteiger partial charge on any atom is 0.246 e.